The Bertz CT molecular complexity index is 370. The molecule has 0 aliphatic rings. The van der Waals surface area contributed by atoms with Gasteiger partial charge in [0.1, 0.15) is 5.75 Å². The van der Waals surface area contributed by atoms with Gasteiger partial charge in [0.25, 0.3) is 0 Å². The van der Waals surface area contributed by atoms with Crippen LogP contribution in [0.4, 0.5) is 0 Å². The van der Waals surface area contributed by atoms with E-state index in [1.807, 2.05) is 0 Å². The van der Waals surface area contributed by atoms with Gasteiger partial charge < -0.3 is 19.4 Å². The van der Waals surface area contributed by atoms with E-state index >= 15 is 0 Å². The summed E-state index contributed by atoms with van der Waals surface area (Å²) in [7, 11) is 3.04. The lowest BCUT2D eigenvalue weighted by Crippen LogP contribution is -2.06. The third-order valence-electron chi connectivity index (χ3n) is 2.16. The normalized spacial score (nSPS) is 10.2. The first kappa shape index (κ1) is 13.1. The summed E-state index contributed by atoms with van der Waals surface area (Å²) in [5, 5.41) is 9.88. The number of benzene rings is 1. The standard InChI is InChI=1S/C10H14BrNO4/c1-14-8-5-7(11)9(13)6(3-4-16-12)10(8)15-2/h5,13H,3-4,12H2,1-2H3. The minimum Gasteiger partial charge on any atom is -0.506 e. The van der Waals surface area contributed by atoms with E-state index < -0.39 is 0 Å². The van der Waals surface area contributed by atoms with Gasteiger partial charge in [0, 0.05) is 18.1 Å². The van der Waals surface area contributed by atoms with Crippen molar-refractivity contribution < 1.29 is 19.4 Å². The molecular formula is C10H14BrNO4. The van der Waals surface area contributed by atoms with Crippen molar-refractivity contribution in [1.82, 2.24) is 0 Å². The van der Waals surface area contributed by atoms with Crippen LogP contribution in [0.3, 0.4) is 0 Å². The highest BCUT2D eigenvalue weighted by molar-refractivity contribution is 9.10. The molecule has 16 heavy (non-hydrogen) atoms. The number of aromatic hydroxyl groups is 1. The molecular weight excluding hydrogens is 278 g/mol. The number of halogens is 1. The Morgan fingerprint density at radius 1 is 1.38 bits per heavy atom. The van der Waals surface area contributed by atoms with Gasteiger partial charge in [0.05, 0.1) is 25.3 Å². The average Bonchev–Trinajstić information content (AvgIpc) is 2.30. The molecule has 0 heterocycles. The van der Waals surface area contributed by atoms with E-state index in [-0.39, 0.29) is 12.4 Å². The summed E-state index contributed by atoms with van der Waals surface area (Å²) in [6.45, 7) is 0.281. The lowest BCUT2D eigenvalue weighted by molar-refractivity contribution is 0.140. The molecule has 1 rings (SSSR count). The Balaban J connectivity index is 3.23. The van der Waals surface area contributed by atoms with Gasteiger partial charge in [-0.3, -0.25) is 0 Å². The Kier molecular flexibility index (Phi) is 4.85. The van der Waals surface area contributed by atoms with Crippen molar-refractivity contribution in [3.63, 3.8) is 0 Å². The van der Waals surface area contributed by atoms with Gasteiger partial charge in [0.2, 0.25) is 0 Å². The highest BCUT2D eigenvalue weighted by Crippen LogP contribution is 2.42. The molecule has 0 bridgehead atoms. The molecule has 0 aromatic heterocycles. The largest absolute Gasteiger partial charge is 0.506 e. The molecule has 0 spiro atoms. The van der Waals surface area contributed by atoms with Crippen LogP contribution < -0.4 is 15.4 Å². The first-order valence-corrected chi connectivity index (χ1v) is 5.39. The van der Waals surface area contributed by atoms with Crippen LogP contribution in [0, 0.1) is 0 Å². The maximum Gasteiger partial charge on any atom is 0.167 e. The second kappa shape index (κ2) is 5.93. The topological polar surface area (TPSA) is 73.9 Å². The van der Waals surface area contributed by atoms with E-state index in [4.69, 9.17) is 15.4 Å². The molecule has 0 aliphatic heterocycles. The maximum absolute atomic E-state index is 9.88. The molecule has 0 amide bonds. The molecule has 6 heteroatoms. The van der Waals surface area contributed by atoms with Crippen LogP contribution in [0.1, 0.15) is 5.56 Å². The summed E-state index contributed by atoms with van der Waals surface area (Å²) >= 11 is 3.24. The van der Waals surface area contributed by atoms with E-state index in [0.717, 1.165) is 0 Å². The zero-order valence-electron chi connectivity index (χ0n) is 9.12. The number of hydrogen-bond acceptors (Lipinski definition) is 5. The Morgan fingerprint density at radius 3 is 2.56 bits per heavy atom. The molecule has 0 unspecified atom stereocenters. The number of rotatable bonds is 5. The minimum absolute atomic E-state index is 0.106. The number of nitrogens with two attached hydrogens (primary N) is 1. The third kappa shape index (κ3) is 2.58. The molecule has 0 aliphatic carbocycles. The van der Waals surface area contributed by atoms with Crippen molar-refractivity contribution in [2.45, 2.75) is 6.42 Å². The summed E-state index contributed by atoms with van der Waals surface area (Å²) in [4.78, 5) is 4.49. The molecule has 0 fully saturated rings. The smallest absolute Gasteiger partial charge is 0.167 e. The van der Waals surface area contributed by atoms with E-state index in [1.165, 1.54) is 14.2 Å². The summed E-state index contributed by atoms with van der Waals surface area (Å²) in [6, 6.07) is 1.64. The van der Waals surface area contributed by atoms with Gasteiger partial charge >= 0.3 is 0 Å². The van der Waals surface area contributed by atoms with Gasteiger partial charge in [-0.1, -0.05) is 0 Å². The fourth-order valence-corrected chi connectivity index (χ4v) is 1.86. The van der Waals surface area contributed by atoms with Crippen LogP contribution in [-0.4, -0.2) is 25.9 Å². The number of phenolic OH excluding ortho intramolecular Hbond substituents is 1. The van der Waals surface area contributed by atoms with E-state index in [1.54, 1.807) is 6.07 Å². The maximum atomic E-state index is 9.88. The first-order chi connectivity index (χ1) is 7.65. The molecule has 5 nitrogen and oxygen atoms in total. The van der Waals surface area contributed by atoms with Crippen molar-refractivity contribution in [2.24, 2.45) is 5.90 Å². The Hall–Kier alpha value is -0.980. The van der Waals surface area contributed by atoms with Crippen molar-refractivity contribution in [3.8, 4) is 17.2 Å². The van der Waals surface area contributed by atoms with Gasteiger partial charge in [-0.15, -0.1) is 0 Å². The minimum atomic E-state index is 0.106. The molecule has 1 aromatic rings. The second-order valence-corrected chi connectivity index (χ2v) is 3.90. The lowest BCUT2D eigenvalue weighted by Gasteiger charge is -2.15. The molecule has 0 saturated carbocycles. The van der Waals surface area contributed by atoms with Crippen LogP contribution in [-0.2, 0) is 11.3 Å². The average molecular weight is 292 g/mol. The summed E-state index contributed by atoms with van der Waals surface area (Å²) in [6.07, 6.45) is 0.432. The molecule has 3 N–H and O–H groups in total. The highest BCUT2D eigenvalue weighted by Gasteiger charge is 2.17. The first-order valence-electron chi connectivity index (χ1n) is 4.59. The van der Waals surface area contributed by atoms with Crippen molar-refractivity contribution in [3.05, 3.63) is 16.1 Å². The predicted octanol–water partition coefficient (Wildman–Crippen LogP) is 1.60. The fourth-order valence-electron chi connectivity index (χ4n) is 1.42. The zero-order valence-corrected chi connectivity index (χ0v) is 10.7. The Labute approximate surface area is 102 Å². The van der Waals surface area contributed by atoms with Gasteiger partial charge in [-0.2, -0.15) is 0 Å². The van der Waals surface area contributed by atoms with Crippen LogP contribution in [0.2, 0.25) is 0 Å². The number of ether oxygens (including phenoxy) is 2. The van der Waals surface area contributed by atoms with Gasteiger partial charge in [0.15, 0.2) is 11.5 Å². The SMILES string of the molecule is COc1cc(Br)c(O)c(CCON)c1OC. The van der Waals surface area contributed by atoms with E-state index in [9.17, 15) is 5.11 Å². The quantitative estimate of drug-likeness (QED) is 0.806. The monoisotopic (exact) mass is 291 g/mol. The summed E-state index contributed by atoms with van der Waals surface area (Å²) in [5.41, 5.74) is 0.596. The second-order valence-electron chi connectivity index (χ2n) is 3.04. The Morgan fingerprint density at radius 2 is 2.06 bits per heavy atom. The fraction of sp³-hybridized carbons (Fsp3) is 0.400. The van der Waals surface area contributed by atoms with E-state index in [0.29, 0.717) is 28.0 Å². The van der Waals surface area contributed by atoms with Crippen LogP contribution in [0.15, 0.2) is 10.5 Å². The predicted molar refractivity (Wildman–Crippen MR) is 62.8 cm³/mol. The van der Waals surface area contributed by atoms with Crippen LogP contribution in [0.5, 0.6) is 17.2 Å². The van der Waals surface area contributed by atoms with Crippen molar-refractivity contribution >= 4 is 15.9 Å². The van der Waals surface area contributed by atoms with Crippen molar-refractivity contribution in [2.75, 3.05) is 20.8 Å². The lowest BCUT2D eigenvalue weighted by atomic mass is 10.1. The summed E-state index contributed by atoms with van der Waals surface area (Å²) < 4.78 is 10.9. The number of phenols is 1. The van der Waals surface area contributed by atoms with E-state index in [2.05, 4.69) is 20.8 Å². The van der Waals surface area contributed by atoms with Crippen LogP contribution in [0.25, 0.3) is 0 Å². The molecule has 0 atom stereocenters. The van der Waals surface area contributed by atoms with Gasteiger partial charge in [-0.25, -0.2) is 5.90 Å². The summed E-state index contributed by atoms with van der Waals surface area (Å²) in [5.74, 6) is 6.09. The third-order valence-corrected chi connectivity index (χ3v) is 2.77. The molecule has 90 valence electrons. The zero-order chi connectivity index (χ0) is 12.1. The molecule has 1 aromatic carbocycles. The molecule has 0 saturated heterocycles. The van der Waals surface area contributed by atoms with Crippen LogP contribution >= 0.6 is 15.9 Å². The van der Waals surface area contributed by atoms with Gasteiger partial charge in [-0.05, 0) is 15.9 Å². The molecule has 0 radical (unpaired) electrons. The number of hydrogen-bond donors (Lipinski definition) is 2. The van der Waals surface area contributed by atoms with Crippen molar-refractivity contribution in [1.29, 1.82) is 0 Å². The number of methoxy groups -OCH3 is 2. The highest BCUT2D eigenvalue weighted by atomic mass is 79.9.